The molecule has 0 aromatic heterocycles. The van der Waals surface area contributed by atoms with Crippen LogP contribution in [0, 0.1) is 10.5 Å². The molecule has 0 aliphatic rings. The molecule has 0 heterocycles. The molecule has 5 nitrogen and oxygen atoms in total. The van der Waals surface area contributed by atoms with Crippen LogP contribution in [0.1, 0.15) is 31.1 Å². The minimum atomic E-state index is -4.27. The molecular formula is C17H21IO5S. The van der Waals surface area contributed by atoms with Crippen molar-refractivity contribution < 1.29 is 42.8 Å². The molecule has 7 heteroatoms. The standard InChI is InChI=1S/C10H14IO2.C7H8O3S/c1-3-13-8(2)9-6-4-5-7-10(9)11-12;1-6-2-4-7(5-3-6)11(8,9)10/h4-8,12H,3H2,1-2H3;2-5H,1H3,(H,8,9,10)/q+1;/p-1/t8-;/m0./s1. The van der Waals surface area contributed by atoms with Gasteiger partial charge in [0, 0.05) is 12.2 Å². The first-order valence-electron chi connectivity index (χ1n) is 7.31. The maximum absolute atomic E-state index is 10.4. The summed E-state index contributed by atoms with van der Waals surface area (Å²) in [6, 6.07) is 13.7. The van der Waals surface area contributed by atoms with Crippen LogP contribution >= 0.6 is 0 Å². The summed E-state index contributed by atoms with van der Waals surface area (Å²) in [6.07, 6.45) is 0.0908. The Morgan fingerprint density at radius 3 is 2.25 bits per heavy atom. The van der Waals surface area contributed by atoms with E-state index in [0.29, 0.717) is 6.61 Å². The van der Waals surface area contributed by atoms with Crippen LogP contribution in [0.3, 0.4) is 0 Å². The molecule has 0 spiro atoms. The van der Waals surface area contributed by atoms with E-state index in [2.05, 4.69) is 0 Å². The number of rotatable bonds is 5. The Morgan fingerprint density at radius 2 is 1.75 bits per heavy atom. The van der Waals surface area contributed by atoms with E-state index in [1.165, 1.54) is 12.1 Å². The van der Waals surface area contributed by atoms with Crippen molar-refractivity contribution in [3.63, 3.8) is 0 Å². The van der Waals surface area contributed by atoms with Gasteiger partial charge in [0.1, 0.15) is 10.1 Å². The summed E-state index contributed by atoms with van der Waals surface area (Å²) < 4.78 is 46.9. The molecule has 132 valence electrons. The lowest BCUT2D eigenvalue weighted by atomic mass is 10.1. The van der Waals surface area contributed by atoms with Crippen LogP contribution < -0.4 is 21.6 Å². The van der Waals surface area contributed by atoms with Crippen LogP contribution in [-0.2, 0) is 14.9 Å². The number of halogens is 1. The molecule has 2 aromatic rings. The number of hydrogen-bond donors (Lipinski definition) is 1. The van der Waals surface area contributed by atoms with Crippen LogP contribution in [0.4, 0.5) is 0 Å². The fourth-order valence-electron chi connectivity index (χ4n) is 1.93. The van der Waals surface area contributed by atoms with Crippen molar-refractivity contribution in [2.24, 2.45) is 0 Å². The smallest absolute Gasteiger partial charge is 0.519 e. The number of hydrogen-bond acceptors (Lipinski definition) is 5. The lowest BCUT2D eigenvalue weighted by Gasteiger charge is -2.10. The van der Waals surface area contributed by atoms with Gasteiger partial charge in [0.2, 0.25) is 3.57 Å². The Balaban J connectivity index is 0.000000243. The van der Waals surface area contributed by atoms with Crippen molar-refractivity contribution in [1.82, 2.24) is 0 Å². The molecule has 0 bridgehead atoms. The zero-order chi connectivity index (χ0) is 18.2. The summed E-state index contributed by atoms with van der Waals surface area (Å²) in [5.41, 5.74) is 2.05. The van der Waals surface area contributed by atoms with Crippen molar-refractivity contribution in [3.05, 3.63) is 63.2 Å². The number of ether oxygens (including phenoxy) is 1. The van der Waals surface area contributed by atoms with Crippen LogP contribution in [0.15, 0.2) is 53.4 Å². The number of aryl methyl sites for hydroxylation is 1. The van der Waals surface area contributed by atoms with Crippen LogP contribution in [-0.4, -0.2) is 23.0 Å². The molecule has 0 amide bonds. The first-order valence-corrected chi connectivity index (χ1v) is 10.8. The molecule has 0 saturated heterocycles. The molecule has 1 N–H and O–H groups in total. The van der Waals surface area contributed by atoms with Crippen LogP contribution in [0.5, 0.6) is 0 Å². The van der Waals surface area contributed by atoms with Gasteiger partial charge in [-0.15, -0.1) is 0 Å². The highest BCUT2D eigenvalue weighted by Crippen LogP contribution is 2.15. The number of benzene rings is 2. The van der Waals surface area contributed by atoms with Gasteiger partial charge in [0.25, 0.3) is 0 Å². The predicted octanol–water partition coefficient (Wildman–Crippen LogP) is -0.151. The van der Waals surface area contributed by atoms with E-state index in [-0.39, 0.29) is 11.0 Å². The predicted molar refractivity (Wildman–Crippen MR) is 86.5 cm³/mol. The Morgan fingerprint density at radius 1 is 1.17 bits per heavy atom. The molecule has 0 saturated carbocycles. The minimum absolute atomic E-state index is 0.0908. The summed E-state index contributed by atoms with van der Waals surface area (Å²) in [5.74, 6) is 0. The Hall–Kier alpha value is -1.00. The van der Waals surface area contributed by atoms with E-state index >= 15 is 0 Å². The summed E-state index contributed by atoms with van der Waals surface area (Å²) >= 11 is -0.837. The molecule has 0 radical (unpaired) electrons. The van der Waals surface area contributed by atoms with Gasteiger partial charge < -0.3 is 9.29 Å². The first kappa shape index (κ1) is 21.0. The van der Waals surface area contributed by atoms with Crippen molar-refractivity contribution in [2.45, 2.75) is 31.8 Å². The molecule has 0 fully saturated rings. The zero-order valence-corrected chi connectivity index (χ0v) is 16.7. The molecule has 0 aliphatic carbocycles. The van der Waals surface area contributed by atoms with E-state index in [1.54, 1.807) is 12.1 Å². The molecule has 24 heavy (non-hydrogen) atoms. The third-order valence-corrected chi connectivity index (χ3v) is 5.51. The van der Waals surface area contributed by atoms with Crippen LogP contribution in [0.2, 0.25) is 0 Å². The van der Waals surface area contributed by atoms with Gasteiger partial charge in [-0.25, -0.2) is 8.42 Å². The molecule has 2 aromatic carbocycles. The second-order valence-electron chi connectivity index (χ2n) is 4.97. The van der Waals surface area contributed by atoms with E-state index in [1.807, 2.05) is 45.0 Å². The Kier molecular flexibility index (Phi) is 8.85. The Bertz CT molecular complexity index is 729. The largest absolute Gasteiger partial charge is 0.744 e. The summed E-state index contributed by atoms with van der Waals surface area (Å²) in [5, 5.41) is 0. The van der Waals surface area contributed by atoms with Crippen molar-refractivity contribution in [2.75, 3.05) is 6.61 Å². The summed E-state index contributed by atoms with van der Waals surface area (Å²) in [6.45, 7) is 6.52. The average Bonchev–Trinajstić information content (AvgIpc) is 2.55. The quantitative estimate of drug-likeness (QED) is 0.492. The molecular weight excluding hydrogens is 443 g/mol. The Labute approximate surface area is 154 Å². The fraction of sp³-hybridized carbons (Fsp3) is 0.294. The van der Waals surface area contributed by atoms with Crippen molar-refractivity contribution >= 4 is 10.1 Å². The van der Waals surface area contributed by atoms with Gasteiger partial charge >= 0.3 is 21.6 Å². The lowest BCUT2D eigenvalue weighted by molar-refractivity contribution is -0.867. The van der Waals surface area contributed by atoms with Crippen molar-refractivity contribution in [1.29, 1.82) is 0 Å². The van der Waals surface area contributed by atoms with E-state index in [0.717, 1.165) is 14.7 Å². The maximum atomic E-state index is 10.4. The molecule has 0 unspecified atom stereocenters. The second kappa shape index (κ2) is 10.1. The van der Waals surface area contributed by atoms with Gasteiger partial charge in [-0.1, -0.05) is 35.9 Å². The third-order valence-electron chi connectivity index (χ3n) is 3.16. The summed E-state index contributed by atoms with van der Waals surface area (Å²) in [7, 11) is -4.27. The van der Waals surface area contributed by atoms with Gasteiger partial charge in [0.15, 0.2) is 0 Å². The van der Waals surface area contributed by atoms with Gasteiger partial charge in [0.05, 0.1) is 11.0 Å². The molecule has 1 atom stereocenters. The van der Waals surface area contributed by atoms with E-state index < -0.39 is 31.7 Å². The highest BCUT2D eigenvalue weighted by molar-refractivity contribution is 7.85. The highest BCUT2D eigenvalue weighted by Gasteiger charge is 2.19. The normalized spacial score (nSPS) is 12.2. The van der Waals surface area contributed by atoms with Crippen molar-refractivity contribution in [3.8, 4) is 0 Å². The first-order chi connectivity index (χ1) is 11.3. The van der Waals surface area contributed by atoms with E-state index in [9.17, 15) is 16.4 Å². The van der Waals surface area contributed by atoms with Gasteiger partial charge in [-0.3, -0.25) is 0 Å². The maximum Gasteiger partial charge on any atom is 0.519 e. The minimum Gasteiger partial charge on any atom is -0.744 e. The van der Waals surface area contributed by atoms with E-state index in [4.69, 9.17) is 4.74 Å². The third kappa shape index (κ3) is 6.86. The van der Waals surface area contributed by atoms with Gasteiger partial charge in [-0.2, -0.15) is 3.44 Å². The SMILES string of the molecule is CCO[C@@H](C)c1ccccc1[I+]O.Cc1ccc(S(=O)(=O)[O-])cc1. The summed E-state index contributed by atoms with van der Waals surface area (Å²) in [4.78, 5) is -0.178. The monoisotopic (exact) mass is 464 g/mol. The zero-order valence-electron chi connectivity index (χ0n) is 13.8. The highest BCUT2D eigenvalue weighted by atomic mass is 127. The molecule has 0 aliphatic heterocycles. The fourth-order valence-corrected chi connectivity index (χ4v) is 3.66. The van der Waals surface area contributed by atoms with Gasteiger partial charge in [-0.05, 0) is 39.0 Å². The topological polar surface area (TPSA) is 86.7 Å². The average molecular weight is 464 g/mol. The van der Waals surface area contributed by atoms with Crippen LogP contribution in [0.25, 0.3) is 0 Å². The lowest BCUT2D eigenvalue weighted by Crippen LogP contribution is -3.61. The molecule has 2 rings (SSSR count). The second-order valence-corrected chi connectivity index (χ2v) is 8.00.